The van der Waals surface area contributed by atoms with Gasteiger partial charge in [0.05, 0.1) is 0 Å². The molecule has 0 atom stereocenters. The molecule has 0 radical (unpaired) electrons. The number of hydrogen-bond acceptors (Lipinski definition) is 0. The van der Waals surface area contributed by atoms with Gasteiger partial charge in [0.25, 0.3) is 0 Å². The van der Waals surface area contributed by atoms with E-state index >= 15 is 0 Å². The van der Waals surface area contributed by atoms with Gasteiger partial charge in [-0.3, -0.25) is 0 Å². The molecule has 0 heterocycles. The van der Waals surface area contributed by atoms with Crippen LogP contribution in [0.2, 0.25) is 0 Å². The predicted molar refractivity (Wildman–Crippen MR) is 155 cm³/mol. The molecule has 36 heavy (non-hydrogen) atoms. The van der Waals surface area contributed by atoms with E-state index in [1.54, 1.807) is 0 Å². The summed E-state index contributed by atoms with van der Waals surface area (Å²) in [6.07, 6.45) is 0. The van der Waals surface area contributed by atoms with Crippen molar-refractivity contribution < 1.29 is 0 Å². The zero-order chi connectivity index (χ0) is 23.9. The molecule has 0 aromatic heterocycles. The minimum atomic E-state index is 1.24. The van der Waals surface area contributed by atoms with E-state index in [-0.39, 0.29) is 0 Å². The molecule has 0 N–H and O–H groups in total. The molecule has 0 saturated heterocycles. The van der Waals surface area contributed by atoms with E-state index in [2.05, 4.69) is 146 Å². The van der Waals surface area contributed by atoms with Crippen molar-refractivity contribution in [2.75, 3.05) is 0 Å². The maximum atomic E-state index is 2.38. The Morgan fingerprint density at radius 2 is 0.722 bits per heavy atom. The molecule has 7 rings (SSSR count). The number of fused-ring (bicyclic) bond motifs is 6. The summed E-state index contributed by atoms with van der Waals surface area (Å²) in [4.78, 5) is 0. The molecule has 0 saturated carbocycles. The zero-order valence-corrected chi connectivity index (χ0v) is 19.9. The van der Waals surface area contributed by atoms with E-state index in [9.17, 15) is 0 Å². The summed E-state index contributed by atoms with van der Waals surface area (Å²) in [6.45, 7) is 0. The molecule has 7 aromatic rings. The quantitative estimate of drug-likeness (QED) is 0.232. The lowest BCUT2D eigenvalue weighted by Crippen LogP contribution is -1.88. The van der Waals surface area contributed by atoms with Crippen LogP contribution >= 0.6 is 0 Å². The second-order valence-electron chi connectivity index (χ2n) is 9.34. The Morgan fingerprint density at radius 3 is 1.42 bits per heavy atom. The normalized spacial score (nSPS) is 11.3. The first-order valence-corrected chi connectivity index (χ1v) is 12.5. The number of benzene rings is 7. The topological polar surface area (TPSA) is 0 Å². The standard InChI is InChI=1S/C36H24/c1-3-10-25(11-4-1)27-18-20-28(21-19-27)30-16-9-17-34-32-15-8-7-14-31(32)33-23-22-29(24-35(33)36(30)34)26-12-5-2-6-13-26/h1-24H. The van der Waals surface area contributed by atoms with Crippen LogP contribution in [0.1, 0.15) is 0 Å². The second kappa shape index (κ2) is 8.52. The molecule has 0 amide bonds. The minimum absolute atomic E-state index is 1.24. The van der Waals surface area contributed by atoms with Gasteiger partial charge in [0, 0.05) is 0 Å². The van der Waals surface area contributed by atoms with Crippen molar-refractivity contribution in [3.63, 3.8) is 0 Å². The van der Waals surface area contributed by atoms with Crippen LogP contribution in [0, 0.1) is 0 Å². The molecule has 0 aliphatic heterocycles. The first-order chi connectivity index (χ1) is 17.9. The molecule has 0 aliphatic carbocycles. The summed E-state index contributed by atoms with van der Waals surface area (Å²) < 4.78 is 0. The van der Waals surface area contributed by atoms with Crippen LogP contribution in [0.15, 0.2) is 146 Å². The van der Waals surface area contributed by atoms with Crippen molar-refractivity contribution in [1.29, 1.82) is 0 Å². The van der Waals surface area contributed by atoms with Crippen molar-refractivity contribution >= 4 is 32.3 Å². The highest BCUT2D eigenvalue weighted by atomic mass is 14.2. The molecular formula is C36H24. The fraction of sp³-hybridized carbons (Fsp3) is 0. The Bertz CT molecular complexity index is 1840. The Morgan fingerprint density at radius 1 is 0.250 bits per heavy atom. The third-order valence-electron chi connectivity index (χ3n) is 7.27. The fourth-order valence-corrected chi connectivity index (χ4v) is 5.53. The summed E-state index contributed by atoms with van der Waals surface area (Å²) in [6, 6.07) is 52.7. The summed E-state index contributed by atoms with van der Waals surface area (Å²) in [5.41, 5.74) is 7.47. The lowest BCUT2D eigenvalue weighted by atomic mass is 9.88. The van der Waals surface area contributed by atoms with Crippen LogP contribution in [0.4, 0.5) is 0 Å². The highest BCUT2D eigenvalue weighted by Crippen LogP contribution is 2.41. The Labute approximate surface area is 211 Å². The van der Waals surface area contributed by atoms with E-state index in [0.29, 0.717) is 0 Å². The van der Waals surface area contributed by atoms with Gasteiger partial charge < -0.3 is 0 Å². The molecule has 168 valence electrons. The van der Waals surface area contributed by atoms with Gasteiger partial charge in [0.1, 0.15) is 0 Å². The van der Waals surface area contributed by atoms with Crippen molar-refractivity contribution in [2.24, 2.45) is 0 Å². The van der Waals surface area contributed by atoms with Gasteiger partial charge in [-0.1, -0.05) is 140 Å². The maximum absolute atomic E-state index is 2.38. The Kier molecular flexibility index (Phi) is 4.89. The molecule has 7 aromatic carbocycles. The van der Waals surface area contributed by atoms with Crippen LogP contribution < -0.4 is 0 Å². The van der Waals surface area contributed by atoms with Crippen LogP contribution in [-0.4, -0.2) is 0 Å². The monoisotopic (exact) mass is 456 g/mol. The smallest absolute Gasteiger partial charge is 0.00201 e. The van der Waals surface area contributed by atoms with Gasteiger partial charge in [0.2, 0.25) is 0 Å². The minimum Gasteiger partial charge on any atom is -0.0622 e. The van der Waals surface area contributed by atoms with Crippen molar-refractivity contribution in [1.82, 2.24) is 0 Å². The van der Waals surface area contributed by atoms with Gasteiger partial charge in [-0.25, -0.2) is 0 Å². The first-order valence-electron chi connectivity index (χ1n) is 12.5. The maximum Gasteiger partial charge on any atom is -0.00201 e. The van der Waals surface area contributed by atoms with Crippen LogP contribution in [0.25, 0.3) is 65.7 Å². The molecule has 0 unspecified atom stereocenters. The zero-order valence-electron chi connectivity index (χ0n) is 19.9. The highest BCUT2D eigenvalue weighted by molar-refractivity contribution is 6.28. The molecule has 0 nitrogen and oxygen atoms in total. The Balaban J connectivity index is 1.53. The van der Waals surface area contributed by atoms with E-state index in [1.165, 1.54) is 65.7 Å². The lowest BCUT2D eigenvalue weighted by molar-refractivity contribution is 1.61. The van der Waals surface area contributed by atoms with Gasteiger partial charge in [0.15, 0.2) is 0 Å². The molecular weight excluding hydrogens is 432 g/mol. The summed E-state index contributed by atoms with van der Waals surface area (Å²) in [7, 11) is 0. The summed E-state index contributed by atoms with van der Waals surface area (Å²) in [5.74, 6) is 0. The third-order valence-corrected chi connectivity index (χ3v) is 7.27. The van der Waals surface area contributed by atoms with E-state index < -0.39 is 0 Å². The lowest BCUT2D eigenvalue weighted by Gasteiger charge is -2.16. The first kappa shape index (κ1) is 20.7. The molecule has 0 spiro atoms. The number of rotatable bonds is 3. The SMILES string of the molecule is c1ccc(-c2ccc(-c3cccc4c5ccccc5c5ccc(-c6ccccc6)cc5c34)cc2)cc1. The van der Waals surface area contributed by atoms with Crippen LogP contribution in [0.5, 0.6) is 0 Å². The van der Waals surface area contributed by atoms with Crippen LogP contribution in [-0.2, 0) is 0 Å². The average Bonchev–Trinajstić information content (AvgIpc) is 2.98. The molecule has 0 heteroatoms. The van der Waals surface area contributed by atoms with Gasteiger partial charge in [-0.05, 0) is 71.8 Å². The summed E-state index contributed by atoms with van der Waals surface area (Å²) in [5, 5.41) is 7.81. The largest absolute Gasteiger partial charge is 0.0622 e. The van der Waals surface area contributed by atoms with E-state index in [1.807, 2.05) is 0 Å². The van der Waals surface area contributed by atoms with Gasteiger partial charge in [-0.15, -0.1) is 0 Å². The predicted octanol–water partition coefficient (Wildman–Crippen LogP) is 10.1. The third kappa shape index (κ3) is 3.39. The van der Waals surface area contributed by atoms with Crippen LogP contribution in [0.3, 0.4) is 0 Å². The summed E-state index contributed by atoms with van der Waals surface area (Å²) >= 11 is 0. The average molecular weight is 457 g/mol. The van der Waals surface area contributed by atoms with E-state index in [4.69, 9.17) is 0 Å². The fourth-order valence-electron chi connectivity index (χ4n) is 5.53. The van der Waals surface area contributed by atoms with Crippen molar-refractivity contribution in [3.8, 4) is 33.4 Å². The highest BCUT2D eigenvalue weighted by Gasteiger charge is 2.14. The molecule has 0 bridgehead atoms. The Hall–Kier alpha value is -4.68. The van der Waals surface area contributed by atoms with Gasteiger partial charge >= 0.3 is 0 Å². The van der Waals surface area contributed by atoms with E-state index in [0.717, 1.165) is 0 Å². The number of hydrogen-bond donors (Lipinski definition) is 0. The molecule has 0 aliphatic rings. The van der Waals surface area contributed by atoms with Gasteiger partial charge in [-0.2, -0.15) is 0 Å². The molecule has 0 fully saturated rings. The van der Waals surface area contributed by atoms with Crippen molar-refractivity contribution in [2.45, 2.75) is 0 Å². The second-order valence-corrected chi connectivity index (χ2v) is 9.34. The van der Waals surface area contributed by atoms with Crippen molar-refractivity contribution in [3.05, 3.63) is 146 Å².